The summed E-state index contributed by atoms with van der Waals surface area (Å²) in [4.78, 5) is 91.3. The Hall–Kier alpha value is -6.96. The SMILES string of the molecule is C.C.C1=C(N2CCCCC2)CCC1.C1=C(N2CCCCC2)CCC1.C1CCNCC1.C1CC[N+](=C2CCCC2=C2CCCC2)CC1.C1CC[N+](=C2CCCC2=C2CCCC2)CC1.C=C(C)C(=O)OC.CC(=O)O.COC(=O)C(C)CC1CCCC1=O.COC(=O)C(C)CC1CCCC1=[N+]1CCCCC1.COC(=O)C(C)CC1CCCC1=[N+]1CCCCC1.O=C1CCCC1.O=C1CCCC1=C1CCCC1. The lowest BCUT2D eigenvalue weighted by molar-refractivity contribution is -0.540. The number of carboxylic acid groups (broad SMARTS) is 1. The van der Waals surface area contributed by atoms with Crippen LogP contribution in [0.3, 0.4) is 0 Å². The van der Waals surface area contributed by atoms with E-state index in [2.05, 4.69) is 61.6 Å². The summed E-state index contributed by atoms with van der Waals surface area (Å²) in [5.74, 6) is 1.00. The molecule has 10 saturated carbocycles. The van der Waals surface area contributed by atoms with Gasteiger partial charge in [0, 0.05) is 182 Å². The Labute approximate surface area is 846 Å². The average Bonchev–Trinajstić information content (AvgIpc) is 1.69. The summed E-state index contributed by atoms with van der Waals surface area (Å²) in [6, 6.07) is 0. The van der Waals surface area contributed by atoms with Gasteiger partial charge in [0.15, 0.2) is 28.6 Å². The van der Waals surface area contributed by atoms with Gasteiger partial charge in [-0.15, -0.1) is 0 Å². The number of allylic oxidation sites excluding steroid dienone is 10. The number of aliphatic carboxylic acids is 1. The van der Waals surface area contributed by atoms with Crippen molar-refractivity contribution in [3.8, 4) is 0 Å². The molecule has 12 aliphatic carbocycles. The van der Waals surface area contributed by atoms with Crippen LogP contribution >= 0.6 is 0 Å². The van der Waals surface area contributed by atoms with Gasteiger partial charge in [-0.1, -0.05) is 77.5 Å². The maximum atomic E-state index is 11.5. The molecule has 6 atom stereocenters. The van der Waals surface area contributed by atoms with Crippen LogP contribution in [0.4, 0.5) is 0 Å². The number of Topliss-reactive ketones (excluding diaryl/α,β-unsaturated/α-hetero) is 3. The zero-order chi connectivity index (χ0) is 98.2. The molecule has 7 heterocycles. The third kappa shape index (κ3) is 44.7. The van der Waals surface area contributed by atoms with E-state index in [0.717, 1.165) is 77.6 Å². The molecule has 19 rings (SSSR count). The molecule has 6 unspecified atom stereocenters. The number of nitrogens with one attached hydrogen (secondary N) is 1. The predicted octanol–water partition coefficient (Wildman–Crippen LogP) is 25.8. The molecule has 7 aliphatic heterocycles. The van der Waals surface area contributed by atoms with Crippen molar-refractivity contribution in [2.75, 3.05) is 120 Å². The second kappa shape index (κ2) is 70.7. The highest BCUT2D eigenvalue weighted by Gasteiger charge is 2.38. The van der Waals surface area contributed by atoms with Crippen LogP contribution in [-0.4, -0.2) is 223 Å². The summed E-state index contributed by atoms with van der Waals surface area (Å²) >= 11 is 0. The van der Waals surface area contributed by atoms with E-state index in [-0.39, 0.29) is 62.4 Å². The maximum Gasteiger partial charge on any atom is 0.332 e. The second-order valence-corrected chi connectivity index (χ2v) is 42.8. The number of likely N-dealkylation sites (tertiary alicyclic amines) is 2. The number of hydrogen-bond acceptors (Lipinski definition) is 15. The zero-order valence-electron chi connectivity index (χ0n) is 88.5. The smallest absolute Gasteiger partial charge is 0.332 e. The largest absolute Gasteiger partial charge is 0.481 e. The molecule has 7 saturated heterocycles. The Balaban J connectivity index is 0.000000236. The fraction of sp³-hybridized carbons (Fsp3) is 0.798. The molecule has 19 aliphatic rings. The molecule has 20 nitrogen and oxygen atoms in total. The van der Waals surface area contributed by atoms with Gasteiger partial charge in [0.25, 0.3) is 5.97 Å². The van der Waals surface area contributed by atoms with Crippen LogP contribution in [0, 0.1) is 35.5 Å². The molecule has 139 heavy (non-hydrogen) atoms. The molecule has 0 aromatic heterocycles. The molecule has 0 aromatic carbocycles. The summed E-state index contributed by atoms with van der Waals surface area (Å²) in [5.41, 5.74) is 20.5. The zero-order valence-corrected chi connectivity index (χ0v) is 88.5. The van der Waals surface area contributed by atoms with Crippen molar-refractivity contribution in [3.63, 3.8) is 0 Å². The Kier molecular flexibility index (Phi) is 61.4. The standard InChI is InChI=1S/2C15H26NO2.2C15H24N.2C10H17N.C10H16O3.C10H14O.C5H11N.C5H8O2.C5H8O.C2H4O2.2CH4/c2*1-12(15(17)18-2)11-13-7-6-8-14(13)16-9-4-3-5-10-16;2*1-4-11-16(12-5-1)15-10-6-9-14(15)13-7-2-3-8-13;2*1-4-8-11(9-5-1)10-6-2-3-7-10;1-7(10(12)13-2)6-8-4-3-5-9(8)11;11-10-7-3-6-9(10)8-4-1-2-5-8;1-2-4-6-5-3-1;1-4(2)5(6)7-3;6-5-3-1-2-4-5;1-2(3)4;;/h2*12-13H,3-11H2,1-2H3;2*1-12H2;2*6H,1-5,7-9H2;7-8H,3-6H2,1-2H3;1-7H2;6H,1-5H2;1H2,2-3H3;1-4H2;1H3,(H,3,4);2*1H4/q4*+1;;;;;;;;;;. The van der Waals surface area contributed by atoms with Crippen molar-refractivity contribution in [2.24, 2.45) is 35.5 Å². The van der Waals surface area contributed by atoms with Gasteiger partial charge in [0.05, 0.1) is 46.2 Å². The molecule has 0 amide bonds. The first-order chi connectivity index (χ1) is 66.6. The van der Waals surface area contributed by atoms with Crippen LogP contribution in [0.25, 0.3) is 0 Å². The van der Waals surface area contributed by atoms with E-state index in [1.54, 1.807) is 52.3 Å². The fourth-order valence-corrected chi connectivity index (χ4v) is 24.4. The van der Waals surface area contributed by atoms with Crippen LogP contribution < -0.4 is 5.32 Å². The number of esters is 4. The number of ketones is 3. The van der Waals surface area contributed by atoms with Crippen LogP contribution in [0.5, 0.6) is 0 Å². The number of carbonyl (C=O) groups excluding carboxylic acids is 7. The van der Waals surface area contributed by atoms with Gasteiger partial charge in [-0.05, 0) is 327 Å². The molecule has 0 bridgehead atoms. The minimum absolute atomic E-state index is 0. The average molecular weight is 1940 g/mol. The summed E-state index contributed by atoms with van der Waals surface area (Å²) in [6.45, 7) is 29.9. The third-order valence-electron chi connectivity index (χ3n) is 32.0. The molecule has 788 valence electrons. The number of methoxy groups -OCH3 is 4. The van der Waals surface area contributed by atoms with Crippen molar-refractivity contribution >= 4 is 70.0 Å². The van der Waals surface area contributed by atoms with Crippen molar-refractivity contribution in [1.82, 2.24) is 15.1 Å². The second-order valence-electron chi connectivity index (χ2n) is 42.8. The highest BCUT2D eigenvalue weighted by Crippen LogP contribution is 2.39. The first-order valence-electron chi connectivity index (χ1n) is 56.5. The van der Waals surface area contributed by atoms with Crippen LogP contribution in [0.1, 0.15) is 460 Å². The monoisotopic (exact) mass is 1940 g/mol. The summed E-state index contributed by atoms with van der Waals surface area (Å²) in [5, 5.41) is 10.7. The van der Waals surface area contributed by atoms with Crippen molar-refractivity contribution in [3.05, 3.63) is 69.1 Å². The Morgan fingerprint density at radius 2 is 0.676 bits per heavy atom. The molecule has 0 radical (unpaired) electrons. The van der Waals surface area contributed by atoms with Crippen molar-refractivity contribution < 1.29 is 80.7 Å². The van der Waals surface area contributed by atoms with Gasteiger partial charge in [-0.2, -0.15) is 0 Å². The van der Waals surface area contributed by atoms with Crippen molar-refractivity contribution in [2.45, 2.75) is 460 Å². The van der Waals surface area contributed by atoms with Gasteiger partial charge < -0.3 is 39.2 Å². The molecule has 20 heteroatoms. The van der Waals surface area contributed by atoms with Gasteiger partial charge in [-0.25, -0.2) is 23.1 Å². The van der Waals surface area contributed by atoms with Gasteiger partial charge >= 0.3 is 23.9 Å². The normalized spacial score (nSPS) is 23.9. The van der Waals surface area contributed by atoms with Crippen LogP contribution in [-0.2, 0) is 57.3 Å². The number of hydrogen-bond donors (Lipinski definition) is 2. The number of ether oxygens (including phenoxy) is 4. The quantitative estimate of drug-likeness (QED) is 0.0802. The minimum atomic E-state index is -0.833. The van der Waals surface area contributed by atoms with E-state index in [0.29, 0.717) is 47.6 Å². The Morgan fingerprint density at radius 3 is 0.957 bits per heavy atom. The van der Waals surface area contributed by atoms with E-state index in [9.17, 15) is 33.6 Å². The maximum absolute atomic E-state index is 11.5. The summed E-state index contributed by atoms with van der Waals surface area (Å²) < 4.78 is 29.2. The number of piperidine rings is 7. The van der Waals surface area contributed by atoms with Crippen molar-refractivity contribution in [1.29, 1.82) is 0 Å². The molecule has 0 spiro atoms. The number of carboxylic acids is 1. The fourth-order valence-electron chi connectivity index (χ4n) is 24.4. The van der Waals surface area contributed by atoms with E-state index >= 15 is 0 Å². The highest BCUT2D eigenvalue weighted by molar-refractivity contribution is 6.00. The molecule has 2 N–H and O–H groups in total. The first kappa shape index (κ1) is 121. The van der Waals surface area contributed by atoms with E-state index < -0.39 is 5.97 Å². The number of carbonyl (C=O) groups is 8. The summed E-state index contributed by atoms with van der Waals surface area (Å²) in [7, 11) is 5.69. The Bertz CT molecular complexity index is 3790. The van der Waals surface area contributed by atoms with Gasteiger partial charge in [0.1, 0.15) is 63.9 Å². The molecular weight excluding hydrogens is 1740 g/mol. The molecule has 0 aromatic rings. The van der Waals surface area contributed by atoms with Gasteiger partial charge in [0.2, 0.25) is 0 Å². The van der Waals surface area contributed by atoms with Crippen LogP contribution in [0.2, 0.25) is 0 Å². The van der Waals surface area contributed by atoms with Crippen LogP contribution in [0.15, 0.2) is 69.1 Å². The van der Waals surface area contributed by atoms with E-state index in [1.807, 2.05) is 31.9 Å². The topological polar surface area (TPSA) is 224 Å². The number of nitrogens with zero attached hydrogens (tertiary/aromatic N) is 6. The highest BCUT2D eigenvalue weighted by atomic mass is 16.5. The lowest BCUT2D eigenvalue weighted by atomic mass is 9.93. The lowest BCUT2D eigenvalue weighted by Gasteiger charge is -2.29. The third-order valence-corrected chi connectivity index (χ3v) is 32.0. The molecular formula is C119H203N7O13+4. The first-order valence-corrected chi connectivity index (χ1v) is 56.5. The van der Waals surface area contributed by atoms with E-state index in [1.165, 1.54) is 459 Å². The minimum Gasteiger partial charge on any atom is -0.481 e. The Morgan fingerprint density at radius 1 is 0.360 bits per heavy atom. The lowest BCUT2D eigenvalue weighted by Crippen LogP contribution is -2.30. The number of rotatable bonds is 12. The van der Waals surface area contributed by atoms with Gasteiger partial charge in [-0.3, -0.25) is 33.6 Å². The summed E-state index contributed by atoms with van der Waals surface area (Å²) in [6.07, 6.45) is 87.1. The predicted molar refractivity (Wildman–Crippen MR) is 571 cm³/mol. The molecule has 17 fully saturated rings. The van der Waals surface area contributed by atoms with E-state index in [4.69, 9.17) is 19.4 Å².